The normalized spacial score (nSPS) is 17.0. The van der Waals surface area contributed by atoms with E-state index in [1.807, 2.05) is 36.4 Å². The predicted molar refractivity (Wildman–Crippen MR) is 137 cm³/mol. The van der Waals surface area contributed by atoms with Crippen LogP contribution in [0.2, 0.25) is 0 Å². The molecule has 0 radical (unpaired) electrons. The number of aromatic nitrogens is 1. The predicted octanol–water partition coefficient (Wildman–Crippen LogP) is 5.81. The van der Waals surface area contributed by atoms with Crippen LogP contribution in [0.5, 0.6) is 5.75 Å². The van der Waals surface area contributed by atoms with Crippen LogP contribution in [-0.2, 0) is 16.0 Å². The lowest BCUT2D eigenvalue weighted by atomic mass is 9.69. The molecule has 3 aromatic rings. The molecule has 176 valence electrons. The number of nitrogens with one attached hydrogen (secondary N) is 2. The van der Waals surface area contributed by atoms with Gasteiger partial charge in [0, 0.05) is 21.4 Å². The number of carbonyl (C=O) groups excluding carboxylic acids is 2. The van der Waals surface area contributed by atoms with Crippen molar-refractivity contribution in [3.05, 3.63) is 54.2 Å². The largest absolute Gasteiger partial charge is 0.495 e. The van der Waals surface area contributed by atoms with Gasteiger partial charge in [-0.3, -0.25) is 14.6 Å². The van der Waals surface area contributed by atoms with E-state index >= 15 is 0 Å². The Hall–Kier alpha value is -3.06. The first-order valence-electron chi connectivity index (χ1n) is 11.9. The van der Waals surface area contributed by atoms with E-state index < -0.39 is 5.41 Å². The highest BCUT2D eigenvalue weighted by atomic mass is 32.2. The molecule has 6 nitrogen and oxygen atoms in total. The van der Waals surface area contributed by atoms with E-state index in [-0.39, 0.29) is 11.8 Å². The van der Waals surface area contributed by atoms with E-state index in [1.165, 1.54) is 23.7 Å². The van der Waals surface area contributed by atoms with Crippen LogP contribution in [0.4, 0.5) is 11.4 Å². The summed E-state index contributed by atoms with van der Waals surface area (Å²) in [7, 11) is 1.65. The van der Waals surface area contributed by atoms with E-state index in [1.54, 1.807) is 13.3 Å². The third-order valence-corrected chi connectivity index (χ3v) is 8.14. The number of thioether (sulfide) groups is 1. The lowest BCUT2D eigenvalue weighted by Crippen LogP contribution is -2.38. The lowest BCUT2D eigenvalue weighted by molar-refractivity contribution is -0.127. The average molecular weight is 476 g/mol. The van der Waals surface area contributed by atoms with Crippen molar-refractivity contribution >= 4 is 45.9 Å². The van der Waals surface area contributed by atoms with Crippen LogP contribution >= 0.6 is 11.8 Å². The first-order valence-corrected chi connectivity index (χ1v) is 12.8. The molecule has 2 amide bonds. The molecule has 0 atom stereocenters. The van der Waals surface area contributed by atoms with Crippen LogP contribution in [0.25, 0.3) is 10.9 Å². The van der Waals surface area contributed by atoms with Gasteiger partial charge in [0.05, 0.1) is 30.3 Å². The van der Waals surface area contributed by atoms with Crippen molar-refractivity contribution < 1.29 is 14.3 Å². The molecule has 2 heterocycles. The molecule has 0 saturated heterocycles. The van der Waals surface area contributed by atoms with Gasteiger partial charge in [-0.15, -0.1) is 11.8 Å². The minimum Gasteiger partial charge on any atom is -0.495 e. The summed E-state index contributed by atoms with van der Waals surface area (Å²) >= 11 is 1.52. The number of anilines is 2. The van der Waals surface area contributed by atoms with Crippen molar-refractivity contribution in [1.29, 1.82) is 0 Å². The second-order valence-electron chi connectivity index (χ2n) is 9.20. The molecule has 1 aliphatic heterocycles. The maximum atomic E-state index is 13.7. The third-order valence-electron chi connectivity index (χ3n) is 7.06. The fraction of sp³-hybridized carbons (Fsp3) is 0.370. The van der Waals surface area contributed by atoms with Crippen molar-refractivity contribution in [2.45, 2.75) is 49.8 Å². The highest BCUT2D eigenvalue weighted by molar-refractivity contribution is 8.00. The molecule has 34 heavy (non-hydrogen) atoms. The molecule has 2 aliphatic rings. The number of ether oxygens (including phenoxy) is 1. The lowest BCUT2D eigenvalue weighted by Gasteiger charge is -2.36. The summed E-state index contributed by atoms with van der Waals surface area (Å²) in [6.07, 6.45) is 8.41. The van der Waals surface area contributed by atoms with E-state index in [0.717, 1.165) is 71.4 Å². The van der Waals surface area contributed by atoms with Gasteiger partial charge >= 0.3 is 0 Å². The minimum absolute atomic E-state index is 0.00839. The maximum Gasteiger partial charge on any atom is 0.234 e. The highest BCUT2D eigenvalue weighted by Gasteiger charge is 2.39. The molecule has 2 N–H and O–H groups in total. The fourth-order valence-corrected chi connectivity index (χ4v) is 5.93. The zero-order chi connectivity index (χ0) is 23.5. The van der Waals surface area contributed by atoms with Crippen LogP contribution in [0.3, 0.4) is 0 Å². The molecule has 2 aromatic carbocycles. The molecule has 5 rings (SSSR count). The first-order chi connectivity index (χ1) is 16.6. The van der Waals surface area contributed by atoms with E-state index in [2.05, 4.69) is 21.7 Å². The summed E-state index contributed by atoms with van der Waals surface area (Å²) in [4.78, 5) is 31.0. The van der Waals surface area contributed by atoms with Crippen LogP contribution in [0, 0.1) is 5.41 Å². The number of nitrogens with zero attached hydrogens (tertiary/aromatic N) is 1. The second kappa shape index (κ2) is 9.66. The summed E-state index contributed by atoms with van der Waals surface area (Å²) in [5, 5.41) is 7.17. The third kappa shape index (κ3) is 4.62. The molecule has 7 heteroatoms. The number of rotatable bonds is 6. The molecular weight excluding hydrogens is 446 g/mol. The van der Waals surface area contributed by atoms with Gasteiger partial charge in [0.15, 0.2) is 0 Å². The van der Waals surface area contributed by atoms with E-state index in [4.69, 9.17) is 4.74 Å². The number of carbonyl (C=O) groups is 2. The zero-order valence-electron chi connectivity index (χ0n) is 19.4. The standard InChI is InChI=1S/C27H29N3O3S/c1-33-20-15-21-18(6-5-7-22(21)28-16-20)10-13-27(11-3-2-4-12-27)26(32)29-19-8-9-24-23(14-19)30-25(31)17-34-24/h5-9,14-16H,2-4,10-13,17H2,1H3,(H,29,32)(H,30,31). The van der Waals surface area contributed by atoms with Crippen LogP contribution in [-0.4, -0.2) is 29.7 Å². The molecule has 0 unspecified atom stereocenters. The zero-order valence-corrected chi connectivity index (χ0v) is 20.2. The summed E-state index contributed by atoms with van der Waals surface area (Å²) in [6.45, 7) is 0. The Morgan fingerprint density at radius 3 is 2.85 bits per heavy atom. The van der Waals surface area contributed by atoms with Crippen molar-refractivity contribution in [2.75, 3.05) is 23.5 Å². The monoisotopic (exact) mass is 475 g/mol. The van der Waals surface area contributed by atoms with Crippen LogP contribution in [0.15, 0.2) is 53.6 Å². The van der Waals surface area contributed by atoms with Gasteiger partial charge in [-0.2, -0.15) is 0 Å². The summed E-state index contributed by atoms with van der Waals surface area (Å²) < 4.78 is 5.39. The molecule has 1 aromatic heterocycles. The summed E-state index contributed by atoms with van der Waals surface area (Å²) in [5.41, 5.74) is 3.23. The average Bonchev–Trinajstić information content (AvgIpc) is 2.87. The smallest absolute Gasteiger partial charge is 0.234 e. The van der Waals surface area contributed by atoms with Gasteiger partial charge in [-0.25, -0.2) is 0 Å². The topological polar surface area (TPSA) is 80.3 Å². The second-order valence-corrected chi connectivity index (χ2v) is 10.2. The Morgan fingerprint density at radius 2 is 2.03 bits per heavy atom. The molecule has 1 aliphatic carbocycles. The Bertz CT molecular complexity index is 1240. The SMILES string of the molecule is COc1cnc2cccc(CCC3(C(=O)Nc4ccc5c(c4)NC(=O)CS5)CCCCC3)c2c1. The highest BCUT2D eigenvalue weighted by Crippen LogP contribution is 2.42. The van der Waals surface area contributed by atoms with E-state index in [9.17, 15) is 9.59 Å². The van der Waals surface area contributed by atoms with Gasteiger partial charge < -0.3 is 15.4 Å². The van der Waals surface area contributed by atoms with Crippen molar-refractivity contribution in [3.8, 4) is 5.75 Å². The molecule has 0 bridgehead atoms. The van der Waals surface area contributed by atoms with Gasteiger partial charge in [-0.05, 0) is 61.6 Å². The first kappa shape index (κ1) is 22.7. The fourth-order valence-electron chi connectivity index (χ4n) is 5.14. The molecular formula is C27H29N3O3S. The number of amides is 2. The molecule has 0 spiro atoms. The maximum absolute atomic E-state index is 13.7. The Labute approximate surface area is 203 Å². The van der Waals surface area contributed by atoms with Crippen molar-refractivity contribution in [1.82, 2.24) is 4.98 Å². The Morgan fingerprint density at radius 1 is 1.18 bits per heavy atom. The number of hydrogen-bond acceptors (Lipinski definition) is 5. The van der Waals surface area contributed by atoms with Crippen molar-refractivity contribution in [3.63, 3.8) is 0 Å². The number of pyridine rings is 1. The number of benzene rings is 2. The van der Waals surface area contributed by atoms with Gasteiger partial charge in [0.2, 0.25) is 11.8 Å². The number of fused-ring (bicyclic) bond motifs is 2. The van der Waals surface area contributed by atoms with Crippen LogP contribution in [0.1, 0.15) is 44.1 Å². The summed E-state index contributed by atoms with van der Waals surface area (Å²) in [6, 6.07) is 14.0. The minimum atomic E-state index is -0.402. The Balaban J connectivity index is 1.37. The van der Waals surface area contributed by atoms with Gasteiger partial charge in [-0.1, -0.05) is 31.4 Å². The number of hydrogen-bond donors (Lipinski definition) is 2. The number of aryl methyl sites for hydroxylation is 1. The summed E-state index contributed by atoms with van der Waals surface area (Å²) in [5.74, 6) is 1.24. The van der Waals surface area contributed by atoms with Gasteiger partial charge in [0.25, 0.3) is 0 Å². The van der Waals surface area contributed by atoms with Crippen molar-refractivity contribution in [2.24, 2.45) is 5.41 Å². The molecule has 1 fully saturated rings. The van der Waals surface area contributed by atoms with E-state index in [0.29, 0.717) is 5.75 Å². The molecule has 1 saturated carbocycles. The number of methoxy groups -OCH3 is 1. The van der Waals surface area contributed by atoms with Gasteiger partial charge in [0.1, 0.15) is 5.75 Å². The quantitative estimate of drug-likeness (QED) is 0.470. The van der Waals surface area contributed by atoms with Crippen LogP contribution < -0.4 is 15.4 Å². The Kier molecular flexibility index (Phi) is 6.46.